The maximum absolute atomic E-state index is 12.6. The predicted octanol–water partition coefficient (Wildman–Crippen LogP) is 4.92. The molecule has 8 heteroatoms. The second kappa shape index (κ2) is 10.1. The van der Waals surface area contributed by atoms with E-state index in [0.717, 1.165) is 35.8 Å². The van der Waals surface area contributed by atoms with Crippen molar-refractivity contribution in [2.24, 2.45) is 17.6 Å². The molecule has 2 N–H and O–H groups in total. The van der Waals surface area contributed by atoms with Gasteiger partial charge in [0.1, 0.15) is 0 Å². The third-order valence-electron chi connectivity index (χ3n) is 6.75. The van der Waals surface area contributed by atoms with Crippen LogP contribution < -0.4 is 10.0 Å². The van der Waals surface area contributed by atoms with Crippen molar-refractivity contribution < 1.29 is 12.8 Å². The van der Waals surface area contributed by atoms with E-state index in [9.17, 15) is 8.42 Å². The molecule has 2 unspecified atom stereocenters. The summed E-state index contributed by atoms with van der Waals surface area (Å²) in [5.74, 6) is 2.21. The normalized spacial score (nSPS) is 19.3. The number of benzene rings is 2. The van der Waals surface area contributed by atoms with Gasteiger partial charge >= 0.3 is 0 Å². The standard InChI is InChI=1S/C27H36N4O3S/c1-5-13-31(35(4,32)33)24-16-21(11-12-22-14-19(22)2)15-23(17-24)25-29-30-26(34-25)27(3,28)18-20-9-7-6-8-10-20/h6-10,15-17,19,22H,5,11-14,18,28H2,1-4H3/t19?,22?,27-/m1/s1. The minimum absolute atomic E-state index is 0.345. The summed E-state index contributed by atoms with van der Waals surface area (Å²) in [6.07, 6.45) is 5.74. The summed E-state index contributed by atoms with van der Waals surface area (Å²) in [6, 6.07) is 15.8. The number of aryl methyl sites for hydroxylation is 1. The Balaban J connectivity index is 1.67. The molecule has 1 aliphatic rings. The molecule has 1 aliphatic carbocycles. The van der Waals surface area contributed by atoms with Gasteiger partial charge in [-0.15, -0.1) is 10.2 Å². The van der Waals surface area contributed by atoms with E-state index < -0.39 is 15.6 Å². The predicted molar refractivity (Wildman–Crippen MR) is 139 cm³/mol. The highest BCUT2D eigenvalue weighted by atomic mass is 32.2. The van der Waals surface area contributed by atoms with Gasteiger partial charge in [-0.05, 0) is 80.2 Å². The van der Waals surface area contributed by atoms with Crippen molar-refractivity contribution in [1.82, 2.24) is 10.2 Å². The molecule has 0 saturated heterocycles. The first-order chi connectivity index (χ1) is 16.6. The van der Waals surface area contributed by atoms with E-state index >= 15 is 0 Å². The Morgan fingerprint density at radius 2 is 1.86 bits per heavy atom. The smallest absolute Gasteiger partial charge is 0.247 e. The quantitative estimate of drug-likeness (QED) is 0.404. The molecule has 35 heavy (non-hydrogen) atoms. The topological polar surface area (TPSA) is 102 Å². The summed E-state index contributed by atoms with van der Waals surface area (Å²) in [4.78, 5) is 0. The Kier molecular flexibility index (Phi) is 7.33. The lowest BCUT2D eigenvalue weighted by Gasteiger charge is -2.23. The summed E-state index contributed by atoms with van der Waals surface area (Å²) in [5, 5.41) is 8.57. The molecule has 0 bridgehead atoms. The second-order valence-electron chi connectivity index (χ2n) is 10.2. The van der Waals surface area contributed by atoms with Crippen LogP contribution in [-0.2, 0) is 28.4 Å². The van der Waals surface area contributed by atoms with Gasteiger partial charge in [0.15, 0.2) is 0 Å². The van der Waals surface area contributed by atoms with Gasteiger partial charge in [-0.3, -0.25) is 4.31 Å². The zero-order valence-corrected chi connectivity index (χ0v) is 21.9. The van der Waals surface area contributed by atoms with Crippen molar-refractivity contribution in [1.29, 1.82) is 0 Å². The van der Waals surface area contributed by atoms with Crippen molar-refractivity contribution in [3.05, 3.63) is 65.5 Å². The van der Waals surface area contributed by atoms with Crippen LogP contribution in [-0.4, -0.2) is 31.4 Å². The lowest BCUT2D eigenvalue weighted by Crippen LogP contribution is -2.35. The number of sulfonamides is 1. The van der Waals surface area contributed by atoms with Crippen LogP contribution in [0.2, 0.25) is 0 Å². The summed E-state index contributed by atoms with van der Waals surface area (Å²) in [7, 11) is -3.43. The van der Waals surface area contributed by atoms with Crippen molar-refractivity contribution in [2.45, 2.75) is 58.4 Å². The third-order valence-corrected chi connectivity index (χ3v) is 7.94. The molecule has 1 saturated carbocycles. The Hall–Kier alpha value is -2.71. The van der Waals surface area contributed by atoms with Crippen molar-refractivity contribution in [3.8, 4) is 11.5 Å². The average molecular weight is 497 g/mol. The molecule has 2 aromatic carbocycles. The maximum atomic E-state index is 12.6. The number of rotatable bonds is 11. The number of hydrogen-bond acceptors (Lipinski definition) is 6. The molecule has 1 aromatic heterocycles. The molecule has 188 valence electrons. The molecule has 3 atom stereocenters. The Morgan fingerprint density at radius 3 is 2.49 bits per heavy atom. The van der Waals surface area contributed by atoms with Crippen molar-refractivity contribution in [2.75, 3.05) is 17.1 Å². The van der Waals surface area contributed by atoms with Gasteiger partial charge in [0.25, 0.3) is 0 Å². The summed E-state index contributed by atoms with van der Waals surface area (Å²) < 4.78 is 32.7. The van der Waals surface area contributed by atoms with E-state index in [2.05, 4.69) is 17.1 Å². The van der Waals surface area contributed by atoms with E-state index in [1.165, 1.54) is 17.0 Å². The van der Waals surface area contributed by atoms with Crippen molar-refractivity contribution in [3.63, 3.8) is 0 Å². The number of anilines is 1. The van der Waals surface area contributed by atoms with Crippen LogP contribution >= 0.6 is 0 Å². The fourth-order valence-corrected chi connectivity index (χ4v) is 5.60. The highest BCUT2D eigenvalue weighted by molar-refractivity contribution is 7.92. The van der Waals surface area contributed by atoms with E-state index in [4.69, 9.17) is 10.2 Å². The zero-order valence-electron chi connectivity index (χ0n) is 21.1. The van der Waals surface area contributed by atoms with Gasteiger partial charge in [0.2, 0.25) is 21.8 Å². The molecule has 7 nitrogen and oxygen atoms in total. The molecule has 4 rings (SSSR count). The first-order valence-corrected chi connectivity index (χ1v) is 14.2. The van der Waals surface area contributed by atoms with E-state index in [0.29, 0.717) is 42.4 Å². The van der Waals surface area contributed by atoms with Gasteiger partial charge in [-0.25, -0.2) is 8.42 Å². The summed E-state index contributed by atoms with van der Waals surface area (Å²) in [6.45, 7) is 6.53. The fourth-order valence-electron chi connectivity index (χ4n) is 4.59. The first kappa shape index (κ1) is 25.4. The number of nitrogens with zero attached hydrogens (tertiary/aromatic N) is 3. The van der Waals surface area contributed by atoms with Gasteiger partial charge in [0, 0.05) is 12.1 Å². The molecule has 1 heterocycles. The molecule has 0 spiro atoms. The average Bonchev–Trinajstić information content (AvgIpc) is 3.28. The van der Waals surface area contributed by atoms with E-state index in [1.807, 2.05) is 62.4 Å². The summed E-state index contributed by atoms with van der Waals surface area (Å²) in [5.41, 5.74) is 9.24. The lowest BCUT2D eigenvalue weighted by atomic mass is 9.94. The largest absolute Gasteiger partial charge is 0.419 e. The number of nitrogens with two attached hydrogens (primary N) is 1. The van der Waals surface area contributed by atoms with Crippen LogP contribution in [0.25, 0.3) is 11.5 Å². The van der Waals surface area contributed by atoms with Crippen LogP contribution in [0.15, 0.2) is 52.9 Å². The van der Waals surface area contributed by atoms with Gasteiger partial charge < -0.3 is 10.2 Å². The third kappa shape index (κ3) is 6.30. The highest BCUT2D eigenvalue weighted by Crippen LogP contribution is 2.41. The molecule has 1 fully saturated rings. The van der Waals surface area contributed by atoms with Crippen LogP contribution in [0.3, 0.4) is 0 Å². The van der Waals surface area contributed by atoms with Gasteiger partial charge in [-0.2, -0.15) is 0 Å². The van der Waals surface area contributed by atoms with Crippen LogP contribution in [0.1, 0.15) is 57.1 Å². The Bertz CT molecular complexity index is 1250. The maximum Gasteiger partial charge on any atom is 0.247 e. The van der Waals surface area contributed by atoms with Crippen molar-refractivity contribution >= 4 is 15.7 Å². The van der Waals surface area contributed by atoms with Crippen LogP contribution in [0.5, 0.6) is 0 Å². The molecule has 0 amide bonds. The van der Waals surface area contributed by atoms with Gasteiger partial charge in [-0.1, -0.05) is 44.2 Å². The second-order valence-corrected chi connectivity index (χ2v) is 12.1. The van der Waals surface area contributed by atoms with Crippen LogP contribution in [0.4, 0.5) is 5.69 Å². The number of hydrogen-bond donors (Lipinski definition) is 1. The highest BCUT2D eigenvalue weighted by Gasteiger charge is 2.32. The zero-order chi connectivity index (χ0) is 25.2. The Labute approximate surface area is 208 Å². The summed E-state index contributed by atoms with van der Waals surface area (Å²) >= 11 is 0. The molecule has 3 aromatic rings. The molecular weight excluding hydrogens is 460 g/mol. The van der Waals surface area contributed by atoms with Crippen LogP contribution in [0, 0.1) is 11.8 Å². The van der Waals surface area contributed by atoms with E-state index in [-0.39, 0.29) is 0 Å². The molecule has 0 aliphatic heterocycles. The Morgan fingerprint density at radius 1 is 1.14 bits per heavy atom. The first-order valence-electron chi connectivity index (χ1n) is 12.4. The molecular formula is C27H36N4O3S. The lowest BCUT2D eigenvalue weighted by molar-refractivity contribution is 0.355. The SMILES string of the molecule is CCCN(c1cc(CCC2CC2C)cc(-c2nnc([C@](C)(N)Cc3ccccc3)o2)c1)S(C)(=O)=O. The van der Waals surface area contributed by atoms with E-state index in [1.54, 1.807) is 0 Å². The molecule has 0 radical (unpaired) electrons. The monoisotopic (exact) mass is 496 g/mol. The minimum Gasteiger partial charge on any atom is -0.419 e. The minimum atomic E-state index is -3.43. The number of aromatic nitrogens is 2. The van der Waals surface area contributed by atoms with Gasteiger partial charge in [0.05, 0.1) is 17.5 Å². The fraction of sp³-hybridized carbons (Fsp3) is 0.481.